The molecule has 1 aromatic heterocycles. The van der Waals surface area contributed by atoms with Crippen LogP contribution < -0.4 is 16.8 Å². The second-order valence-electron chi connectivity index (χ2n) is 5.57. The topological polar surface area (TPSA) is 84.0 Å². The first kappa shape index (κ1) is 11.2. The maximum absolute atomic E-state index is 11.1. The predicted molar refractivity (Wildman–Crippen MR) is 71.7 cm³/mol. The molecule has 1 saturated carbocycles. The molecule has 1 aliphatic rings. The summed E-state index contributed by atoms with van der Waals surface area (Å²) in [7, 11) is 0. The van der Waals surface area contributed by atoms with Crippen molar-refractivity contribution in [3.63, 3.8) is 0 Å². The van der Waals surface area contributed by atoms with Gasteiger partial charge in [0.25, 0.3) is 0 Å². The van der Waals surface area contributed by atoms with Crippen LogP contribution in [0.1, 0.15) is 26.7 Å². The van der Waals surface area contributed by atoms with Crippen LogP contribution in [0.2, 0.25) is 0 Å². The average Bonchev–Trinajstić information content (AvgIpc) is 3.04. The van der Waals surface area contributed by atoms with E-state index in [-0.39, 0.29) is 5.54 Å². The molecule has 5 heteroatoms. The summed E-state index contributed by atoms with van der Waals surface area (Å²) >= 11 is 0. The van der Waals surface area contributed by atoms with Crippen LogP contribution in [0.5, 0.6) is 0 Å². The monoisotopic (exact) mass is 247 g/mol. The molecule has 5 nitrogen and oxygen atoms in total. The Hall–Kier alpha value is -1.91. The van der Waals surface area contributed by atoms with Gasteiger partial charge in [-0.15, -0.1) is 0 Å². The first-order valence-electron chi connectivity index (χ1n) is 6.16. The van der Waals surface area contributed by atoms with E-state index in [0.717, 1.165) is 5.69 Å². The number of hydrogen-bond acceptors (Lipinski definition) is 4. The third-order valence-electron chi connectivity index (χ3n) is 3.65. The summed E-state index contributed by atoms with van der Waals surface area (Å²) < 4.78 is 4.97. The fourth-order valence-corrected chi connectivity index (χ4v) is 2.38. The Bertz CT molecular complexity index is 650. The van der Waals surface area contributed by atoms with Crippen molar-refractivity contribution in [3.8, 4) is 0 Å². The lowest BCUT2D eigenvalue weighted by Crippen LogP contribution is -2.33. The largest absolute Gasteiger partial charge is 0.417 e. The number of anilines is 2. The number of nitrogens with one attached hydrogen (secondary N) is 2. The standard InChI is InChI=1S/C13H17N3O2/c1-13(2,7-3-4-7)16-9-6-10-11(5-8(9)14)18-12(17)15-10/h5-7,16H,3-4,14H2,1-2H3,(H,15,17). The first-order valence-corrected chi connectivity index (χ1v) is 6.16. The number of oxazole rings is 1. The Morgan fingerprint density at radius 2 is 2.17 bits per heavy atom. The van der Waals surface area contributed by atoms with Crippen LogP contribution in [0.4, 0.5) is 11.4 Å². The molecule has 3 rings (SSSR count). The van der Waals surface area contributed by atoms with Gasteiger partial charge in [-0.3, -0.25) is 4.98 Å². The third-order valence-corrected chi connectivity index (χ3v) is 3.65. The second kappa shape index (κ2) is 3.54. The molecule has 0 saturated heterocycles. The molecule has 18 heavy (non-hydrogen) atoms. The Balaban J connectivity index is 2.00. The minimum atomic E-state index is -0.456. The molecule has 1 aliphatic carbocycles. The lowest BCUT2D eigenvalue weighted by molar-refractivity contribution is 0.495. The maximum atomic E-state index is 11.1. The Labute approximate surface area is 104 Å². The zero-order valence-corrected chi connectivity index (χ0v) is 10.5. The molecule has 0 aliphatic heterocycles. The minimum absolute atomic E-state index is 0.0197. The first-order chi connectivity index (χ1) is 8.45. The number of aromatic amines is 1. The summed E-state index contributed by atoms with van der Waals surface area (Å²) in [6.45, 7) is 4.35. The molecule has 0 amide bonds. The fraction of sp³-hybridized carbons (Fsp3) is 0.462. The number of benzene rings is 1. The highest BCUT2D eigenvalue weighted by molar-refractivity contribution is 5.85. The highest BCUT2D eigenvalue weighted by atomic mass is 16.4. The molecule has 1 fully saturated rings. The molecule has 0 radical (unpaired) electrons. The van der Waals surface area contributed by atoms with Gasteiger partial charge in [0.05, 0.1) is 16.9 Å². The highest BCUT2D eigenvalue weighted by Gasteiger charge is 2.37. The molecular formula is C13H17N3O2. The molecule has 0 bridgehead atoms. The zero-order valence-electron chi connectivity index (χ0n) is 10.5. The summed E-state index contributed by atoms with van der Waals surface area (Å²) in [5.41, 5.74) is 8.61. The van der Waals surface area contributed by atoms with E-state index in [2.05, 4.69) is 24.1 Å². The molecule has 96 valence electrons. The number of aromatic nitrogens is 1. The number of nitrogen functional groups attached to an aromatic ring is 1. The zero-order chi connectivity index (χ0) is 12.9. The van der Waals surface area contributed by atoms with Crippen LogP contribution in [-0.2, 0) is 0 Å². The Morgan fingerprint density at radius 3 is 2.83 bits per heavy atom. The summed E-state index contributed by atoms with van der Waals surface area (Å²) in [6, 6.07) is 3.51. The van der Waals surface area contributed by atoms with Gasteiger partial charge >= 0.3 is 5.76 Å². The minimum Gasteiger partial charge on any atom is -0.408 e. The Morgan fingerprint density at radius 1 is 1.44 bits per heavy atom. The van der Waals surface area contributed by atoms with E-state index in [1.807, 2.05) is 6.07 Å². The summed E-state index contributed by atoms with van der Waals surface area (Å²) in [4.78, 5) is 13.8. The van der Waals surface area contributed by atoms with Gasteiger partial charge in [-0.2, -0.15) is 0 Å². The van der Waals surface area contributed by atoms with E-state index in [1.54, 1.807) is 6.07 Å². The number of H-pyrrole nitrogens is 1. The van der Waals surface area contributed by atoms with Gasteiger partial charge in [-0.05, 0) is 38.7 Å². The third kappa shape index (κ3) is 1.85. The molecule has 0 unspecified atom stereocenters. The molecule has 1 aromatic carbocycles. The molecule has 2 aromatic rings. The summed E-state index contributed by atoms with van der Waals surface area (Å²) in [5.74, 6) is 0.235. The molecule has 0 spiro atoms. The second-order valence-corrected chi connectivity index (χ2v) is 5.57. The van der Waals surface area contributed by atoms with Crippen LogP contribution in [-0.4, -0.2) is 10.5 Å². The van der Waals surface area contributed by atoms with Crippen LogP contribution >= 0.6 is 0 Å². The van der Waals surface area contributed by atoms with E-state index in [1.165, 1.54) is 12.8 Å². The van der Waals surface area contributed by atoms with Gasteiger partial charge in [0.2, 0.25) is 0 Å². The van der Waals surface area contributed by atoms with Crippen LogP contribution in [0.15, 0.2) is 21.3 Å². The van der Waals surface area contributed by atoms with Gasteiger partial charge < -0.3 is 15.5 Å². The van der Waals surface area contributed by atoms with E-state index in [0.29, 0.717) is 22.7 Å². The van der Waals surface area contributed by atoms with Crippen molar-refractivity contribution in [1.29, 1.82) is 0 Å². The van der Waals surface area contributed by atoms with Gasteiger partial charge in [-0.25, -0.2) is 4.79 Å². The summed E-state index contributed by atoms with van der Waals surface area (Å²) in [6.07, 6.45) is 2.51. The van der Waals surface area contributed by atoms with Crippen molar-refractivity contribution in [1.82, 2.24) is 4.98 Å². The van der Waals surface area contributed by atoms with Crippen molar-refractivity contribution >= 4 is 22.5 Å². The van der Waals surface area contributed by atoms with Gasteiger partial charge in [0, 0.05) is 11.6 Å². The van der Waals surface area contributed by atoms with E-state index >= 15 is 0 Å². The molecule has 1 heterocycles. The normalized spacial score (nSPS) is 16.1. The highest BCUT2D eigenvalue weighted by Crippen LogP contribution is 2.42. The lowest BCUT2D eigenvalue weighted by atomic mass is 9.98. The number of fused-ring (bicyclic) bond motifs is 1. The number of rotatable bonds is 3. The maximum Gasteiger partial charge on any atom is 0.417 e. The molecule has 4 N–H and O–H groups in total. The van der Waals surface area contributed by atoms with Gasteiger partial charge in [-0.1, -0.05) is 0 Å². The number of nitrogens with two attached hydrogens (primary N) is 1. The van der Waals surface area contributed by atoms with Crippen molar-refractivity contribution in [2.75, 3.05) is 11.1 Å². The van der Waals surface area contributed by atoms with E-state index in [4.69, 9.17) is 10.2 Å². The smallest absolute Gasteiger partial charge is 0.408 e. The summed E-state index contributed by atoms with van der Waals surface area (Å²) in [5, 5.41) is 3.46. The molecular weight excluding hydrogens is 230 g/mol. The van der Waals surface area contributed by atoms with Crippen molar-refractivity contribution in [3.05, 3.63) is 22.7 Å². The van der Waals surface area contributed by atoms with Gasteiger partial charge in [0.15, 0.2) is 5.58 Å². The SMILES string of the molecule is CC(C)(Nc1cc2[nH]c(=O)oc2cc1N)C1CC1. The van der Waals surface area contributed by atoms with Crippen molar-refractivity contribution in [2.45, 2.75) is 32.2 Å². The lowest BCUT2D eigenvalue weighted by Gasteiger charge is -2.28. The van der Waals surface area contributed by atoms with Crippen LogP contribution in [0.25, 0.3) is 11.1 Å². The van der Waals surface area contributed by atoms with Gasteiger partial charge in [0.1, 0.15) is 0 Å². The van der Waals surface area contributed by atoms with E-state index < -0.39 is 5.76 Å². The Kier molecular flexibility index (Phi) is 2.20. The van der Waals surface area contributed by atoms with Crippen LogP contribution in [0, 0.1) is 5.92 Å². The predicted octanol–water partition coefficient (Wildman–Crippen LogP) is 2.30. The van der Waals surface area contributed by atoms with Crippen molar-refractivity contribution in [2.24, 2.45) is 5.92 Å². The molecule has 0 atom stereocenters. The average molecular weight is 247 g/mol. The number of hydrogen-bond donors (Lipinski definition) is 3. The van der Waals surface area contributed by atoms with Crippen molar-refractivity contribution < 1.29 is 4.42 Å². The van der Waals surface area contributed by atoms with E-state index in [9.17, 15) is 4.79 Å². The van der Waals surface area contributed by atoms with Crippen LogP contribution in [0.3, 0.4) is 0 Å². The fourth-order valence-electron chi connectivity index (χ4n) is 2.38. The quantitative estimate of drug-likeness (QED) is 0.727.